The molecule has 0 radical (unpaired) electrons. The van der Waals surface area contributed by atoms with Crippen LogP contribution in [0.5, 0.6) is 5.75 Å². The van der Waals surface area contributed by atoms with Crippen molar-refractivity contribution in [2.75, 3.05) is 99.1 Å². The molecule has 0 saturated heterocycles. The number of rotatable bonds is 34. The summed E-state index contributed by atoms with van der Waals surface area (Å²) in [7, 11) is 0. The predicted octanol–water partition coefficient (Wildman–Crippen LogP) is 6.49. The average molecular weight is 585 g/mol. The van der Waals surface area contributed by atoms with E-state index in [0.717, 1.165) is 18.8 Å². The lowest BCUT2D eigenvalue weighted by Gasteiger charge is -2.09. The van der Waals surface area contributed by atoms with Crippen molar-refractivity contribution in [3.05, 3.63) is 30.3 Å². The zero-order chi connectivity index (χ0) is 29.2. The van der Waals surface area contributed by atoms with Crippen molar-refractivity contribution >= 4 is 0 Å². The van der Waals surface area contributed by atoms with Gasteiger partial charge in [0.1, 0.15) is 12.4 Å². The zero-order valence-electron chi connectivity index (χ0n) is 26.0. The van der Waals surface area contributed by atoms with Gasteiger partial charge in [-0.25, -0.2) is 0 Å². The summed E-state index contributed by atoms with van der Waals surface area (Å²) in [6, 6.07) is 9.71. The Balaban J connectivity index is 1.61. The molecule has 0 N–H and O–H groups in total. The van der Waals surface area contributed by atoms with Crippen LogP contribution in [0.1, 0.15) is 77.6 Å². The number of ether oxygens (including phenoxy) is 8. The van der Waals surface area contributed by atoms with Gasteiger partial charge in [-0.15, -0.1) is 0 Å². The van der Waals surface area contributed by atoms with E-state index in [1.807, 2.05) is 30.3 Å². The minimum absolute atomic E-state index is 0.529. The molecule has 0 amide bonds. The smallest absolute Gasteiger partial charge is 0.119 e. The summed E-state index contributed by atoms with van der Waals surface area (Å²) in [5.41, 5.74) is 0. The number of hydrogen-bond donors (Lipinski definition) is 0. The van der Waals surface area contributed by atoms with E-state index in [1.165, 1.54) is 64.2 Å². The molecule has 0 heterocycles. The minimum Gasteiger partial charge on any atom is -0.491 e. The van der Waals surface area contributed by atoms with Gasteiger partial charge in [0.15, 0.2) is 0 Å². The summed E-state index contributed by atoms with van der Waals surface area (Å²) >= 11 is 0. The molecule has 0 saturated carbocycles. The molecule has 0 unspecified atom stereocenters. The molecule has 0 bridgehead atoms. The van der Waals surface area contributed by atoms with Gasteiger partial charge in [0.25, 0.3) is 0 Å². The summed E-state index contributed by atoms with van der Waals surface area (Å²) in [5, 5.41) is 0. The van der Waals surface area contributed by atoms with Crippen LogP contribution in [0.25, 0.3) is 0 Å². The van der Waals surface area contributed by atoms with Crippen molar-refractivity contribution in [2.45, 2.75) is 77.6 Å². The highest BCUT2D eigenvalue weighted by Gasteiger charge is 1.97. The second-order valence-corrected chi connectivity index (χ2v) is 9.98. The maximum absolute atomic E-state index is 5.65. The van der Waals surface area contributed by atoms with E-state index in [2.05, 4.69) is 6.92 Å². The van der Waals surface area contributed by atoms with Gasteiger partial charge in [-0.05, 0) is 18.6 Å². The number of hydrogen-bond acceptors (Lipinski definition) is 8. The monoisotopic (exact) mass is 584 g/mol. The van der Waals surface area contributed by atoms with E-state index < -0.39 is 0 Å². The summed E-state index contributed by atoms with van der Waals surface area (Å²) < 4.78 is 44.2. The molecule has 0 aliphatic rings. The van der Waals surface area contributed by atoms with Gasteiger partial charge in [0.2, 0.25) is 0 Å². The lowest BCUT2D eigenvalue weighted by atomic mass is 10.1. The number of para-hydroxylation sites is 1. The van der Waals surface area contributed by atoms with Crippen molar-refractivity contribution in [3.8, 4) is 5.75 Å². The van der Waals surface area contributed by atoms with Gasteiger partial charge >= 0.3 is 0 Å². The average Bonchev–Trinajstić information content (AvgIpc) is 3.00. The third-order valence-electron chi connectivity index (χ3n) is 6.36. The Morgan fingerprint density at radius 2 is 0.659 bits per heavy atom. The highest BCUT2D eigenvalue weighted by Crippen LogP contribution is 2.11. The van der Waals surface area contributed by atoms with Gasteiger partial charge < -0.3 is 37.9 Å². The Bertz CT molecular complexity index is 604. The Morgan fingerprint density at radius 3 is 1.05 bits per heavy atom. The summed E-state index contributed by atoms with van der Waals surface area (Å²) in [6.07, 6.45) is 14.9. The van der Waals surface area contributed by atoms with Crippen LogP contribution in [-0.2, 0) is 33.2 Å². The summed E-state index contributed by atoms with van der Waals surface area (Å²) in [5.74, 6) is 0.854. The molecule has 0 atom stereocenters. The third kappa shape index (κ3) is 30.0. The lowest BCUT2D eigenvalue weighted by molar-refractivity contribution is -0.0213. The van der Waals surface area contributed by atoms with Gasteiger partial charge in [-0.1, -0.05) is 89.3 Å². The van der Waals surface area contributed by atoms with Crippen LogP contribution in [0.2, 0.25) is 0 Å². The molecule has 0 fully saturated rings. The molecule has 8 heteroatoms. The standard InChI is InChI=1S/C33H60O8/c1-2-3-4-5-6-7-8-9-10-11-15-18-34-19-20-35-21-22-36-23-24-37-25-26-38-27-28-39-29-30-40-31-32-41-33-16-13-12-14-17-33/h12-14,16-17H,2-11,15,18-32H2,1H3. The van der Waals surface area contributed by atoms with Crippen LogP contribution >= 0.6 is 0 Å². The predicted molar refractivity (Wildman–Crippen MR) is 164 cm³/mol. The number of benzene rings is 1. The third-order valence-corrected chi connectivity index (χ3v) is 6.36. The van der Waals surface area contributed by atoms with Gasteiger partial charge in [-0.2, -0.15) is 0 Å². The largest absolute Gasteiger partial charge is 0.491 e. The quantitative estimate of drug-likeness (QED) is 0.0851. The molecule has 0 spiro atoms. The van der Waals surface area contributed by atoms with Gasteiger partial charge in [0.05, 0.1) is 85.9 Å². The maximum atomic E-state index is 5.65. The van der Waals surface area contributed by atoms with Gasteiger partial charge in [0, 0.05) is 6.61 Å². The molecule has 0 aromatic heterocycles. The number of unbranched alkanes of at least 4 members (excludes halogenated alkanes) is 10. The molecule has 0 aliphatic heterocycles. The molecule has 240 valence electrons. The Hall–Kier alpha value is -1.26. The van der Waals surface area contributed by atoms with Crippen LogP contribution in [0.3, 0.4) is 0 Å². The van der Waals surface area contributed by atoms with Crippen LogP contribution in [-0.4, -0.2) is 99.1 Å². The van der Waals surface area contributed by atoms with E-state index in [1.54, 1.807) is 0 Å². The van der Waals surface area contributed by atoms with E-state index in [9.17, 15) is 0 Å². The molecular formula is C33H60O8. The normalized spacial score (nSPS) is 11.3. The fraction of sp³-hybridized carbons (Fsp3) is 0.818. The second-order valence-electron chi connectivity index (χ2n) is 9.98. The molecular weight excluding hydrogens is 524 g/mol. The Kier molecular flexibility index (Phi) is 30.6. The molecule has 8 nitrogen and oxygen atoms in total. The van der Waals surface area contributed by atoms with Crippen LogP contribution in [0, 0.1) is 0 Å². The second kappa shape index (κ2) is 33.2. The summed E-state index contributed by atoms with van der Waals surface area (Å²) in [4.78, 5) is 0. The van der Waals surface area contributed by atoms with E-state index in [-0.39, 0.29) is 0 Å². The Labute approximate surface area is 250 Å². The van der Waals surface area contributed by atoms with E-state index >= 15 is 0 Å². The van der Waals surface area contributed by atoms with Crippen LogP contribution in [0.4, 0.5) is 0 Å². The molecule has 1 aromatic carbocycles. The van der Waals surface area contributed by atoms with Crippen molar-refractivity contribution in [2.24, 2.45) is 0 Å². The molecule has 1 aromatic rings. The maximum Gasteiger partial charge on any atom is 0.119 e. The van der Waals surface area contributed by atoms with Crippen LogP contribution in [0.15, 0.2) is 30.3 Å². The first-order chi connectivity index (χ1) is 20.4. The van der Waals surface area contributed by atoms with E-state index in [0.29, 0.717) is 92.5 Å². The minimum atomic E-state index is 0.529. The van der Waals surface area contributed by atoms with Crippen LogP contribution < -0.4 is 4.74 Å². The van der Waals surface area contributed by atoms with Crippen molar-refractivity contribution < 1.29 is 37.9 Å². The van der Waals surface area contributed by atoms with Crippen molar-refractivity contribution in [3.63, 3.8) is 0 Å². The van der Waals surface area contributed by atoms with Crippen molar-refractivity contribution in [1.82, 2.24) is 0 Å². The fourth-order valence-electron chi connectivity index (χ4n) is 4.03. The molecule has 41 heavy (non-hydrogen) atoms. The van der Waals surface area contributed by atoms with Crippen molar-refractivity contribution in [1.29, 1.82) is 0 Å². The highest BCUT2D eigenvalue weighted by molar-refractivity contribution is 5.20. The molecule has 0 aliphatic carbocycles. The first kappa shape index (κ1) is 37.8. The lowest BCUT2D eigenvalue weighted by Crippen LogP contribution is -2.15. The van der Waals surface area contributed by atoms with Gasteiger partial charge in [-0.3, -0.25) is 0 Å². The first-order valence-electron chi connectivity index (χ1n) is 16.2. The zero-order valence-corrected chi connectivity index (χ0v) is 26.0. The molecule has 1 rings (SSSR count). The Morgan fingerprint density at radius 1 is 0.341 bits per heavy atom. The van der Waals surface area contributed by atoms with E-state index in [4.69, 9.17) is 37.9 Å². The SMILES string of the molecule is CCCCCCCCCCCCCOCCOCCOCCOCCOCCOCCOCCOc1ccccc1. The topological polar surface area (TPSA) is 73.8 Å². The highest BCUT2D eigenvalue weighted by atomic mass is 16.6. The fourth-order valence-corrected chi connectivity index (χ4v) is 4.03. The summed E-state index contributed by atoms with van der Waals surface area (Å²) in [6.45, 7) is 11.0. The first-order valence-corrected chi connectivity index (χ1v) is 16.2.